The van der Waals surface area contributed by atoms with Gasteiger partial charge in [0.2, 0.25) is 0 Å². The Labute approximate surface area is 142 Å². The average Bonchev–Trinajstić information content (AvgIpc) is 2.56. The molecule has 0 radical (unpaired) electrons. The SMILES string of the molecule is CC(COCc1ccccc1)NC(=O)NC1CCC(C(=O)O)CC1. The van der Waals surface area contributed by atoms with Crippen LogP contribution in [-0.2, 0) is 16.1 Å². The van der Waals surface area contributed by atoms with E-state index in [1.54, 1.807) is 0 Å². The number of urea groups is 1. The first-order chi connectivity index (χ1) is 11.5. The minimum absolute atomic E-state index is 0.0537. The molecule has 0 heterocycles. The number of hydrogen-bond acceptors (Lipinski definition) is 3. The maximum absolute atomic E-state index is 12.0. The van der Waals surface area contributed by atoms with Crippen LogP contribution in [0.3, 0.4) is 0 Å². The van der Waals surface area contributed by atoms with Crippen LogP contribution in [0.25, 0.3) is 0 Å². The Bertz CT molecular complexity index is 527. The Morgan fingerprint density at radius 1 is 1.21 bits per heavy atom. The number of nitrogens with one attached hydrogen (secondary N) is 2. The third kappa shape index (κ3) is 6.20. The predicted octanol–water partition coefficient (Wildman–Crippen LogP) is 2.53. The van der Waals surface area contributed by atoms with E-state index in [-0.39, 0.29) is 24.0 Å². The lowest BCUT2D eigenvalue weighted by Crippen LogP contribution is -2.47. The molecule has 1 fully saturated rings. The van der Waals surface area contributed by atoms with Crippen molar-refractivity contribution in [3.05, 3.63) is 35.9 Å². The van der Waals surface area contributed by atoms with Gasteiger partial charge in [-0.3, -0.25) is 4.79 Å². The van der Waals surface area contributed by atoms with Gasteiger partial charge in [-0.1, -0.05) is 30.3 Å². The highest BCUT2D eigenvalue weighted by Gasteiger charge is 2.26. The van der Waals surface area contributed by atoms with E-state index >= 15 is 0 Å². The number of amides is 2. The molecule has 0 spiro atoms. The van der Waals surface area contributed by atoms with Crippen molar-refractivity contribution in [2.45, 2.75) is 51.3 Å². The van der Waals surface area contributed by atoms with Crippen LogP contribution in [0.15, 0.2) is 30.3 Å². The Morgan fingerprint density at radius 2 is 1.88 bits per heavy atom. The van der Waals surface area contributed by atoms with Crippen molar-refractivity contribution in [2.24, 2.45) is 5.92 Å². The molecule has 1 aliphatic carbocycles. The highest BCUT2D eigenvalue weighted by atomic mass is 16.5. The number of carboxylic acid groups (broad SMARTS) is 1. The van der Waals surface area contributed by atoms with E-state index in [0.717, 1.165) is 5.56 Å². The molecule has 0 saturated heterocycles. The van der Waals surface area contributed by atoms with Crippen LogP contribution in [0.4, 0.5) is 4.79 Å². The molecule has 0 aliphatic heterocycles. The number of carbonyl (C=O) groups is 2. The first-order valence-corrected chi connectivity index (χ1v) is 8.46. The van der Waals surface area contributed by atoms with Crippen LogP contribution in [0.5, 0.6) is 0 Å². The number of ether oxygens (including phenoxy) is 1. The summed E-state index contributed by atoms with van der Waals surface area (Å²) in [5.41, 5.74) is 1.10. The molecular weight excluding hydrogens is 308 g/mol. The molecule has 1 saturated carbocycles. The van der Waals surface area contributed by atoms with Crippen molar-refractivity contribution in [3.63, 3.8) is 0 Å². The van der Waals surface area contributed by atoms with Crippen LogP contribution in [-0.4, -0.2) is 35.8 Å². The maximum atomic E-state index is 12.0. The van der Waals surface area contributed by atoms with E-state index in [4.69, 9.17) is 9.84 Å². The van der Waals surface area contributed by atoms with Crippen LogP contribution >= 0.6 is 0 Å². The number of benzene rings is 1. The van der Waals surface area contributed by atoms with Crippen molar-refractivity contribution >= 4 is 12.0 Å². The molecule has 0 aromatic heterocycles. The molecule has 6 heteroatoms. The fraction of sp³-hybridized carbons (Fsp3) is 0.556. The molecule has 1 aliphatic rings. The second-order valence-corrected chi connectivity index (χ2v) is 6.41. The molecule has 2 amide bonds. The van der Waals surface area contributed by atoms with Crippen LogP contribution < -0.4 is 10.6 Å². The smallest absolute Gasteiger partial charge is 0.315 e. The van der Waals surface area contributed by atoms with Crippen molar-refractivity contribution < 1.29 is 19.4 Å². The fourth-order valence-electron chi connectivity index (χ4n) is 2.91. The standard InChI is InChI=1S/C18H26N2O4/c1-13(11-24-12-14-5-3-2-4-6-14)19-18(23)20-16-9-7-15(8-10-16)17(21)22/h2-6,13,15-16H,7-12H2,1H3,(H,21,22)(H2,19,20,23). The molecule has 6 nitrogen and oxygen atoms in total. The molecule has 0 bridgehead atoms. The second kappa shape index (κ2) is 9.27. The van der Waals surface area contributed by atoms with Gasteiger partial charge in [0.15, 0.2) is 0 Å². The monoisotopic (exact) mass is 334 g/mol. The Balaban J connectivity index is 1.60. The summed E-state index contributed by atoms with van der Waals surface area (Å²) in [6.07, 6.45) is 2.67. The van der Waals surface area contributed by atoms with E-state index < -0.39 is 5.97 Å². The van der Waals surface area contributed by atoms with E-state index in [1.165, 1.54) is 0 Å². The van der Waals surface area contributed by atoms with Crippen molar-refractivity contribution in [2.75, 3.05) is 6.61 Å². The quantitative estimate of drug-likeness (QED) is 0.715. The average molecular weight is 334 g/mol. The first kappa shape index (κ1) is 18.3. The van der Waals surface area contributed by atoms with E-state index in [1.807, 2.05) is 37.3 Å². The Kier molecular flexibility index (Phi) is 7.06. The first-order valence-electron chi connectivity index (χ1n) is 8.46. The van der Waals surface area contributed by atoms with Gasteiger partial charge in [-0.05, 0) is 38.2 Å². The van der Waals surface area contributed by atoms with Crippen molar-refractivity contribution in [1.82, 2.24) is 10.6 Å². The summed E-state index contributed by atoms with van der Waals surface area (Å²) in [6, 6.07) is 9.63. The van der Waals surface area contributed by atoms with Crippen molar-refractivity contribution in [3.8, 4) is 0 Å². The molecule has 3 N–H and O–H groups in total. The summed E-state index contributed by atoms with van der Waals surface area (Å²) < 4.78 is 5.61. The third-order valence-corrected chi connectivity index (χ3v) is 4.27. The van der Waals surface area contributed by atoms with E-state index in [0.29, 0.717) is 38.9 Å². The summed E-state index contributed by atoms with van der Waals surface area (Å²) in [6.45, 7) is 2.85. The summed E-state index contributed by atoms with van der Waals surface area (Å²) in [5, 5.41) is 14.8. The highest BCUT2D eigenvalue weighted by Crippen LogP contribution is 2.24. The fourth-order valence-corrected chi connectivity index (χ4v) is 2.91. The Hall–Kier alpha value is -2.08. The largest absolute Gasteiger partial charge is 0.481 e. The number of rotatable bonds is 7. The zero-order valence-electron chi connectivity index (χ0n) is 14.0. The molecule has 1 aromatic rings. The minimum Gasteiger partial charge on any atom is -0.481 e. The van der Waals surface area contributed by atoms with Gasteiger partial charge in [0, 0.05) is 6.04 Å². The van der Waals surface area contributed by atoms with Crippen molar-refractivity contribution in [1.29, 1.82) is 0 Å². The summed E-state index contributed by atoms with van der Waals surface area (Å²) >= 11 is 0. The summed E-state index contributed by atoms with van der Waals surface area (Å²) in [4.78, 5) is 22.9. The Morgan fingerprint density at radius 3 is 2.50 bits per heavy atom. The van der Waals surface area contributed by atoms with Gasteiger partial charge in [0.25, 0.3) is 0 Å². The van der Waals surface area contributed by atoms with Gasteiger partial charge in [0.1, 0.15) is 0 Å². The lowest BCUT2D eigenvalue weighted by molar-refractivity contribution is -0.142. The minimum atomic E-state index is -0.734. The molecule has 1 unspecified atom stereocenters. The van der Waals surface area contributed by atoms with Crippen LogP contribution in [0, 0.1) is 5.92 Å². The zero-order chi connectivity index (χ0) is 17.4. The number of carbonyl (C=O) groups excluding carboxylic acids is 1. The topological polar surface area (TPSA) is 87.7 Å². The molecule has 2 rings (SSSR count). The molecule has 132 valence electrons. The van der Waals surface area contributed by atoms with Gasteiger partial charge < -0.3 is 20.5 Å². The number of aliphatic carboxylic acids is 1. The predicted molar refractivity (Wildman–Crippen MR) is 90.6 cm³/mol. The van der Waals surface area contributed by atoms with E-state index in [2.05, 4.69) is 10.6 Å². The molecule has 1 aromatic carbocycles. The molecular formula is C18H26N2O4. The van der Waals surface area contributed by atoms with Gasteiger partial charge >= 0.3 is 12.0 Å². The lowest BCUT2D eigenvalue weighted by Gasteiger charge is -2.27. The van der Waals surface area contributed by atoms with Gasteiger partial charge in [0.05, 0.1) is 25.2 Å². The van der Waals surface area contributed by atoms with Gasteiger partial charge in [-0.2, -0.15) is 0 Å². The zero-order valence-corrected chi connectivity index (χ0v) is 14.0. The summed E-state index contributed by atoms with van der Waals surface area (Å²) in [7, 11) is 0. The normalized spacial score (nSPS) is 21.7. The van der Waals surface area contributed by atoms with Crippen LogP contribution in [0.1, 0.15) is 38.2 Å². The lowest BCUT2D eigenvalue weighted by atomic mass is 9.86. The van der Waals surface area contributed by atoms with Gasteiger partial charge in [-0.25, -0.2) is 4.79 Å². The third-order valence-electron chi connectivity index (χ3n) is 4.27. The van der Waals surface area contributed by atoms with Gasteiger partial charge in [-0.15, -0.1) is 0 Å². The van der Waals surface area contributed by atoms with E-state index in [9.17, 15) is 9.59 Å². The maximum Gasteiger partial charge on any atom is 0.315 e. The van der Waals surface area contributed by atoms with Crippen LogP contribution in [0.2, 0.25) is 0 Å². The second-order valence-electron chi connectivity index (χ2n) is 6.41. The molecule has 1 atom stereocenters. The molecule has 24 heavy (non-hydrogen) atoms. The number of hydrogen-bond donors (Lipinski definition) is 3. The number of carboxylic acids is 1. The summed E-state index contributed by atoms with van der Waals surface area (Å²) in [5.74, 6) is -1.00. The highest BCUT2D eigenvalue weighted by molar-refractivity contribution is 5.74.